The predicted molar refractivity (Wildman–Crippen MR) is 112 cm³/mol. The zero-order chi connectivity index (χ0) is 21.0. The number of nitrogens with one attached hydrogen (secondary N) is 3. The third-order valence-electron chi connectivity index (χ3n) is 3.89. The Labute approximate surface area is 172 Å². The van der Waals surface area contributed by atoms with E-state index in [1.54, 1.807) is 57.4 Å². The Kier molecular flexibility index (Phi) is 6.03. The molecule has 0 radical (unpaired) electrons. The minimum absolute atomic E-state index is 0.250. The lowest BCUT2D eigenvalue weighted by molar-refractivity contribution is 0.0504. The minimum atomic E-state index is -0.666. The molecule has 0 fully saturated rings. The quantitative estimate of drug-likeness (QED) is 0.586. The van der Waals surface area contributed by atoms with Gasteiger partial charge in [-0.15, -0.1) is 0 Å². The highest BCUT2D eigenvalue weighted by Crippen LogP contribution is 2.20. The molecule has 0 unspecified atom stereocenters. The normalized spacial score (nSPS) is 12.4. The van der Waals surface area contributed by atoms with Crippen molar-refractivity contribution >= 4 is 34.3 Å². The summed E-state index contributed by atoms with van der Waals surface area (Å²) >= 11 is 6.12. The maximum Gasteiger partial charge on any atom is 0.408 e. The molecule has 2 aromatic heterocycles. The molecule has 0 aliphatic carbocycles. The van der Waals surface area contributed by atoms with Gasteiger partial charge in [-0.3, -0.25) is 9.78 Å². The highest BCUT2D eigenvalue weighted by atomic mass is 35.5. The van der Waals surface area contributed by atoms with Gasteiger partial charge in [-0.25, -0.2) is 9.78 Å². The number of aromatic nitrogens is 3. The van der Waals surface area contributed by atoms with E-state index in [2.05, 4.69) is 25.6 Å². The first-order valence-corrected chi connectivity index (χ1v) is 9.42. The molecule has 0 aliphatic heterocycles. The zero-order valence-corrected chi connectivity index (χ0v) is 17.1. The van der Waals surface area contributed by atoms with E-state index in [0.717, 1.165) is 5.69 Å². The zero-order valence-electron chi connectivity index (χ0n) is 16.3. The van der Waals surface area contributed by atoms with Crippen LogP contribution < -0.4 is 16.2 Å². The number of H-pyrrole nitrogens is 1. The van der Waals surface area contributed by atoms with E-state index in [9.17, 15) is 9.59 Å². The average molecular weight is 416 g/mol. The first-order valence-electron chi connectivity index (χ1n) is 9.05. The fraction of sp³-hybridized carbons (Fsp3) is 0.300. The van der Waals surface area contributed by atoms with Gasteiger partial charge in [0, 0.05) is 18.9 Å². The molecular weight excluding hydrogens is 394 g/mol. The highest BCUT2D eigenvalue weighted by molar-refractivity contribution is 6.35. The SMILES string of the molecule is CC(C)(C)OC(=O)N[C@@H](CNc1cccnc1)c1nc2cccc(Cl)c2c(=O)[nH]1. The number of halogens is 1. The third kappa shape index (κ3) is 5.45. The van der Waals surface area contributed by atoms with Crippen LogP contribution in [0.15, 0.2) is 47.5 Å². The van der Waals surface area contributed by atoms with Gasteiger partial charge in [0.15, 0.2) is 0 Å². The maximum absolute atomic E-state index is 12.6. The van der Waals surface area contributed by atoms with Crippen LogP contribution in [-0.2, 0) is 4.74 Å². The Bertz CT molecular complexity index is 1060. The van der Waals surface area contributed by atoms with Crippen LogP contribution >= 0.6 is 11.6 Å². The Morgan fingerprint density at radius 1 is 1.28 bits per heavy atom. The van der Waals surface area contributed by atoms with E-state index in [-0.39, 0.29) is 17.9 Å². The molecule has 0 spiro atoms. The summed E-state index contributed by atoms with van der Waals surface area (Å²) in [5.74, 6) is 0.284. The third-order valence-corrected chi connectivity index (χ3v) is 4.21. The number of aromatic amines is 1. The summed E-state index contributed by atoms with van der Waals surface area (Å²) in [4.78, 5) is 36.2. The number of amides is 1. The number of carbonyl (C=O) groups excluding carboxylic acids is 1. The van der Waals surface area contributed by atoms with Gasteiger partial charge in [-0.1, -0.05) is 17.7 Å². The number of carbonyl (C=O) groups is 1. The summed E-state index contributed by atoms with van der Waals surface area (Å²) < 4.78 is 5.35. The van der Waals surface area contributed by atoms with Crippen LogP contribution in [-0.4, -0.2) is 33.2 Å². The van der Waals surface area contributed by atoms with Crippen molar-refractivity contribution in [1.29, 1.82) is 0 Å². The van der Waals surface area contributed by atoms with E-state index < -0.39 is 17.7 Å². The Morgan fingerprint density at radius 3 is 2.76 bits per heavy atom. The first-order chi connectivity index (χ1) is 13.7. The smallest absolute Gasteiger partial charge is 0.408 e. The molecule has 1 amide bonds. The van der Waals surface area contributed by atoms with Crippen LogP contribution in [0, 0.1) is 0 Å². The summed E-state index contributed by atoms with van der Waals surface area (Å²) in [5.41, 5.74) is 0.152. The van der Waals surface area contributed by atoms with Crippen molar-refractivity contribution in [1.82, 2.24) is 20.3 Å². The van der Waals surface area contributed by atoms with Crippen molar-refractivity contribution < 1.29 is 9.53 Å². The molecule has 152 valence electrons. The lowest BCUT2D eigenvalue weighted by atomic mass is 10.2. The monoisotopic (exact) mass is 415 g/mol. The van der Waals surface area contributed by atoms with Crippen LogP contribution in [0.5, 0.6) is 0 Å². The number of hydrogen-bond acceptors (Lipinski definition) is 6. The van der Waals surface area contributed by atoms with E-state index in [4.69, 9.17) is 16.3 Å². The number of ether oxygens (including phenoxy) is 1. The maximum atomic E-state index is 12.6. The molecule has 8 nitrogen and oxygen atoms in total. The van der Waals surface area contributed by atoms with Crippen molar-refractivity contribution in [2.45, 2.75) is 32.4 Å². The molecule has 3 aromatic rings. The van der Waals surface area contributed by atoms with E-state index in [1.165, 1.54) is 0 Å². The van der Waals surface area contributed by atoms with Gasteiger partial charge in [0.1, 0.15) is 17.5 Å². The molecule has 0 aliphatic rings. The first kappa shape index (κ1) is 20.6. The number of rotatable bonds is 5. The van der Waals surface area contributed by atoms with Crippen molar-refractivity contribution in [3.05, 3.63) is 63.9 Å². The summed E-state index contributed by atoms with van der Waals surface area (Å²) in [6, 6.07) is 8.00. The number of anilines is 1. The minimum Gasteiger partial charge on any atom is -0.444 e. The molecule has 29 heavy (non-hydrogen) atoms. The van der Waals surface area contributed by atoms with Gasteiger partial charge in [0.05, 0.1) is 21.6 Å². The Balaban J connectivity index is 1.92. The Morgan fingerprint density at radius 2 is 2.07 bits per heavy atom. The predicted octanol–water partition coefficient (Wildman–Crippen LogP) is 3.65. The van der Waals surface area contributed by atoms with Gasteiger partial charge in [-0.05, 0) is 45.0 Å². The van der Waals surface area contributed by atoms with Crippen LogP contribution in [0.1, 0.15) is 32.6 Å². The van der Waals surface area contributed by atoms with Gasteiger partial charge < -0.3 is 20.4 Å². The lowest BCUT2D eigenvalue weighted by Gasteiger charge is -2.24. The molecule has 9 heteroatoms. The van der Waals surface area contributed by atoms with Crippen molar-refractivity contribution in [3.63, 3.8) is 0 Å². The van der Waals surface area contributed by atoms with Crippen LogP contribution in [0.25, 0.3) is 10.9 Å². The average Bonchev–Trinajstić information content (AvgIpc) is 2.64. The van der Waals surface area contributed by atoms with E-state index in [1.807, 2.05) is 6.07 Å². The van der Waals surface area contributed by atoms with Crippen molar-refractivity contribution in [2.24, 2.45) is 0 Å². The van der Waals surface area contributed by atoms with Crippen LogP contribution in [0.3, 0.4) is 0 Å². The van der Waals surface area contributed by atoms with Crippen LogP contribution in [0.2, 0.25) is 5.02 Å². The summed E-state index contributed by atoms with van der Waals surface area (Å²) in [5, 5.41) is 6.54. The Hall–Kier alpha value is -3.13. The molecule has 0 bridgehead atoms. The number of nitrogens with zero attached hydrogens (tertiary/aromatic N) is 2. The standard InChI is InChI=1S/C20H22ClN5O3/c1-20(2,3)29-19(28)25-15(11-23-12-6-5-9-22-10-12)17-24-14-8-4-7-13(21)16(14)18(27)26-17/h4-10,15,23H,11H2,1-3H3,(H,25,28)(H,24,26,27)/t15-/m0/s1. The second-order valence-corrected chi connectivity index (χ2v) is 7.81. The molecule has 1 aromatic carbocycles. The van der Waals surface area contributed by atoms with Gasteiger partial charge in [-0.2, -0.15) is 0 Å². The number of pyridine rings is 1. The molecule has 3 rings (SSSR count). The van der Waals surface area contributed by atoms with Crippen molar-refractivity contribution in [2.75, 3.05) is 11.9 Å². The summed E-state index contributed by atoms with van der Waals surface area (Å²) in [7, 11) is 0. The molecule has 1 atom stereocenters. The molecule has 3 N–H and O–H groups in total. The topological polar surface area (TPSA) is 109 Å². The van der Waals surface area contributed by atoms with Crippen molar-refractivity contribution in [3.8, 4) is 0 Å². The number of fused-ring (bicyclic) bond motifs is 1. The fourth-order valence-corrected chi connectivity index (χ4v) is 2.94. The van der Waals surface area contributed by atoms with E-state index >= 15 is 0 Å². The lowest BCUT2D eigenvalue weighted by Crippen LogP contribution is -2.39. The summed E-state index contributed by atoms with van der Waals surface area (Å²) in [6.45, 7) is 5.56. The molecule has 0 saturated heterocycles. The van der Waals surface area contributed by atoms with Gasteiger partial charge >= 0.3 is 6.09 Å². The number of benzene rings is 1. The fourth-order valence-electron chi connectivity index (χ4n) is 2.69. The molecule has 2 heterocycles. The second-order valence-electron chi connectivity index (χ2n) is 7.41. The number of alkyl carbamates (subject to hydrolysis) is 1. The second kappa shape index (κ2) is 8.48. The van der Waals surface area contributed by atoms with Gasteiger partial charge in [0.25, 0.3) is 5.56 Å². The molecular formula is C20H22ClN5O3. The summed E-state index contributed by atoms with van der Waals surface area (Å²) in [6.07, 6.45) is 2.69. The largest absolute Gasteiger partial charge is 0.444 e. The molecule has 0 saturated carbocycles. The number of hydrogen-bond donors (Lipinski definition) is 3. The van der Waals surface area contributed by atoms with Crippen LogP contribution in [0.4, 0.5) is 10.5 Å². The van der Waals surface area contributed by atoms with Gasteiger partial charge in [0.2, 0.25) is 0 Å². The highest BCUT2D eigenvalue weighted by Gasteiger charge is 2.23. The van der Waals surface area contributed by atoms with E-state index in [0.29, 0.717) is 15.9 Å².